The molecule has 0 aliphatic carbocycles. The summed E-state index contributed by atoms with van der Waals surface area (Å²) in [6.45, 7) is 3.85. The molecule has 0 rings (SSSR count). The fourth-order valence-corrected chi connectivity index (χ4v) is 1.23. The Kier molecular flexibility index (Phi) is 6.77. The molecule has 1 amide bonds. The van der Waals surface area contributed by atoms with Gasteiger partial charge in [-0.05, 0) is 13.3 Å². The fraction of sp³-hybridized carbons (Fsp3) is 0.800. The van der Waals surface area contributed by atoms with E-state index in [0.717, 1.165) is 12.8 Å². The predicted octanol–water partition coefficient (Wildman–Crippen LogP) is 0.922. The monoisotopic (exact) mass is 197 g/mol. The maximum absolute atomic E-state index is 11.3. The standard InChI is InChI=1S/C10H19N3O/c1-3-4-9(12)7-10(14)13-8(2)5-6-11/h8-9H,3-5,7,12H2,1-2H3,(H,13,14). The summed E-state index contributed by atoms with van der Waals surface area (Å²) in [5.41, 5.74) is 5.71. The van der Waals surface area contributed by atoms with Crippen LogP contribution in [0, 0.1) is 11.3 Å². The van der Waals surface area contributed by atoms with E-state index >= 15 is 0 Å². The number of rotatable bonds is 6. The summed E-state index contributed by atoms with van der Waals surface area (Å²) >= 11 is 0. The van der Waals surface area contributed by atoms with Crippen molar-refractivity contribution < 1.29 is 4.79 Å². The molecule has 0 saturated heterocycles. The molecule has 14 heavy (non-hydrogen) atoms. The average Bonchev–Trinajstić information content (AvgIpc) is 2.03. The molecule has 3 N–H and O–H groups in total. The van der Waals surface area contributed by atoms with Gasteiger partial charge in [0.25, 0.3) is 0 Å². The van der Waals surface area contributed by atoms with Crippen molar-refractivity contribution in [2.45, 2.75) is 51.6 Å². The number of nitrogens with one attached hydrogen (secondary N) is 1. The summed E-state index contributed by atoms with van der Waals surface area (Å²) in [6, 6.07) is 1.86. The molecule has 0 heterocycles. The van der Waals surface area contributed by atoms with Crippen molar-refractivity contribution in [3.63, 3.8) is 0 Å². The molecule has 4 heteroatoms. The molecule has 0 aromatic carbocycles. The van der Waals surface area contributed by atoms with Crippen LogP contribution in [0.15, 0.2) is 0 Å². The minimum Gasteiger partial charge on any atom is -0.353 e. The fourth-order valence-electron chi connectivity index (χ4n) is 1.23. The Bertz CT molecular complexity index is 210. The summed E-state index contributed by atoms with van der Waals surface area (Å²) in [7, 11) is 0. The maximum Gasteiger partial charge on any atom is 0.221 e. The topological polar surface area (TPSA) is 78.9 Å². The molecule has 0 radical (unpaired) electrons. The third-order valence-corrected chi connectivity index (χ3v) is 1.91. The summed E-state index contributed by atoms with van der Waals surface area (Å²) in [4.78, 5) is 11.3. The molecule has 4 nitrogen and oxygen atoms in total. The van der Waals surface area contributed by atoms with E-state index < -0.39 is 0 Å². The number of nitrogens with two attached hydrogens (primary N) is 1. The van der Waals surface area contributed by atoms with Crippen molar-refractivity contribution in [2.24, 2.45) is 5.73 Å². The van der Waals surface area contributed by atoms with Gasteiger partial charge in [-0.25, -0.2) is 0 Å². The predicted molar refractivity (Wildman–Crippen MR) is 55.3 cm³/mol. The first-order valence-corrected chi connectivity index (χ1v) is 5.02. The summed E-state index contributed by atoms with van der Waals surface area (Å²) in [6.07, 6.45) is 2.54. The van der Waals surface area contributed by atoms with Gasteiger partial charge in [0.2, 0.25) is 5.91 Å². The molecule has 2 unspecified atom stereocenters. The number of nitriles is 1. The van der Waals surface area contributed by atoms with Crippen LogP contribution < -0.4 is 11.1 Å². The van der Waals surface area contributed by atoms with Crippen LogP contribution in [-0.4, -0.2) is 18.0 Å². The van der Waals surface area contributed by atoms with E-state index in [9.17, 15) is 4.79 Å². The van der Waals surface area contributed by atoms with Crippen molar-refractivity contribution in [1.29, 1.82) is 5.26 Å². The van der Waals surface area contributed by atoms with Crippen LogP contribution in [0.1, 0.15) is 39.5 Å². The Hall–Kier alpha value is -1.08. The highest BCUT2D eigenvalue weighted by Gasteiger charge is 2.10. The van der Waals surface area contributed by atoms with E-state index in [-0.39, 0.29) is 18.0 Å². The number of carbonyl (C=O) groups excluding carboxylic acids is 1. The Balaban J connectivity index is 3.70. The van der Waals surface area contributed by atoms with Crippen LogP contribution in [0.2, 0.25) is 0 Å². The van der Waals surface area contributed by atoms with E-state index in [1.54, 1.807) is 0 Å². The Morgan fingerprint density at radius 3 is 2.79 bits per heavy atom. The first-order chi connectivity index (χ1) is 6.60. The minimum absolute atomic E-state index is 0.0608. The van der Waals surface area contributed by atoms with Crippen LogP contribution in [-0.2, 0) is 4.79 Å². The van der Waals surface area contributed by atoms with Crippen LogP contribution in [0.4, 0.5) is 0 Å². The molecule has 80 valence electrons. The van der Waals surface area contributed by atoms with Crippen molar-refractivity contribution in [2.75, 3.05) is 0 Å². The van der Waals surface area contributed by atoms with Crippen LogP contribution in [0.5, 0.6) is 0 Å². The lowest BCUT2D eigenvalue weighted by atomic mass is 10.1. The lowest BCUT2D eigenvalue weighted by Gasteiger charge is -2.13. The molecule has 0 aliphatic rings. The second-order valence-electron chi connectivity index (χ2n) is 3.58. The smallest absolute Gasteiger partial charge is 0.221 e. The zero-order chi connectivity index (χ0) is 11.0. The van der Waals surface area contributed by atoms with E-state index in [0.29, 0.717) is 12.8 Å². The van der Waals surface area contributed by atoms with E-state index in [1.165, 1.54) is 0 Å². The van der Waals surface area contributed by atoms with Gasteiger partial charge in [0.1, 0.15) is 0 Å². The van der Waals surface area contributed by atoms with Crippen LogP contribution in [0.3, 0.4) is 0 Å². The summed E-state index contributed by atoms with van der Waals surface area (Å²) in [5, 5.41) is 11.1. The lowest BCUT2D eigenvalue weighted by molar-refractivity contribution is -0.122. The summed E-state index contributed by atoms with van der Waals surface area (Å²) < 4.78 is 0. The molecule has 0 saturated carbocycles. The Morgan fingerprint density at radius 1 is 1.64 bits per heavy atom. The Labute approximate surface area is 85.5 Å². The van der Waals surface area contributed by atoms with E-state index in [1.807, 2.05) is 19.9 Å². The average molecular weight is 197 g/mol. The van der Waals surface area contributed by atoms with Gasteiger partial charge in [-0.15, -0.1) is 0 Å². The number of carbonyl (C=O) groups is 1. The van der Waals surface area contributed by atoms with Gasteiger partial charge in [-0.1, -0.05) is 13.3 Å². The highest BCUT2D eigenvalue weighted by molar-refractivity contribution is 5.76. The second-order valence-corrected chi connectivity index (χ2v) is 3.58. The largest absolute Gasteiger partial charge is 0.353 e. The first kappa shape index (κ1) is 12.9. The van der Waals surface area contributed by atoms with Crippen molar-refractivity contribution >= 4 is 5.91 Å². The SMILES string of the molecule is CCCC(N)CC(=O)NC(C)CC#N. The molecular weight excluding hydrogens is 178 g/mol. The quantitative estimate of drug-likeness (QED) is 0.664. The van der Waals surface area contributed by atoms with Gasteiger partial charge in [-0.2, -0.15) is 5.26 Å². The minimum atomic E-state index is -0.0821. The molecule has 2 atom stereocenters. The van der Waals surface area contributed by atoms with Gasteiger partial charge < -0.3 is 11.1 Å². The highest BCUT2D eigenvalue weighted by atomic mass is 16.1. The van der Waals surface area contributed by atoms with Crippen LogP contribution >= 0.6 is 0 Å². The Morgan fingerprint density at radius 2 is 2.29 bits per heavy atom. The number of amides is 1. The normalized spacial score (nSPS) is 14.1. The van der Waals surface area contributed by atoms with E-state index in [4.69, 9.17) is 11.0 Å². The molecule has 0 aliphatic heterocycles. The zero-order valence-electron chi connectivity index (χ0n) is 8.92. The van der Waals surface area contributed by atoms with Gasteiger partial charge in [-0.3, -0.25) is 4.79 Å². The van der Waals surface area contributed by atoms with Crippen molar-refractivity contribution in [3.8, 4) is 6.07 Å². The molecular formula is C10H19N3O. The molecule has 0 spiro atoms. The molecule has 0 bridgehead atoms. The maximum atomic E-state index is 11.3. The van der Waals surface area contributed by atoms with Crippen molar-refractivity contribution in [3.05, 3.63) is 0 Å². The highest BCUT2D eigenvalue weighted by Crippen LogP contribution is 1.99. The van der Waals surface area contributed by atoms with Gasteiger partial charge in [0, 0.05) is 18.5 Å². The third-order valence-electron chi connectivity index (χ3n) is 1.91. The number of nitrogens with zero attached hydrogens (tertiary/aromatic N) is 1. The lowest BCUT2D eigenvalue weighted by Crippen LogP contribution is -2.36. The first-order valence-electron chi connectivity index (χ1n) is 5.02. The zero-order valence-corrected chi connectivity index (χ0v) is 8.92. The summed E-state index contributed by atoms with van der Waals surface area (Å²) in [5.74, 6) is -0.0614. The van der Waals surface area contributed by atoms with Gasteiger partial charge >= 0.3 is 0 Å². The second kappa shape index (κ2) is 7.34. The van der Waals surface area contributed by atoms with Crippen molar-refractivity contribution in [1.82, 2.24) is 5.32 Å². The number of hydrogen-bond acceptors (Lipinski definition) is 3. The number of hydrogen-bond donors (Lipinski definition) is 2. The van der Waals surface area contributed by atoms with Gasteiger partial charge in [0.15, 0.2) is 0 Å². The molecule has 0 aromatic rings. The van der Waals surface area contributed by atoms with Gasteiger partial charge in [0.05, 0.1) is 12.5 Å². The van der Waals surface area contributed by atoms with E-state index in [2.05, 4.69) is 5.32 Å². The van der Waals surface area contributed by atoms with Crippen LogP contribution in [0.25, 0.3) is 0 Å². The molecule has 0 aromatic heterocycles. The third kappa shape index (κ3) is 6.44. The molecule has 0 fully saturated rings.